The van der Waals surface area contributed by atoms with E-state index in [0.29, 0.717) is 6.35 Å². The van der Waals surface area contributed by atoms with Crippen LogP contribution >= 0.6 is 6.83 Å². The second-order valence-corrected chi connectivity index (χ2v) is 15.9. The number of hydrogen-bond donors (Lipinski definition) is 2. The summed E-state index contributed by atoms with van der Waals surface area (Å²) in [5.41, 5.74) is 2.49. The monoisotopic (exact) mass is 612 g/mol. The molecule has 0 fully saturated rings. The van der Waals surface area contributed by atoms with Crippen molar-refractivity contribution >= 4 is 22.7 Å². The first kappa shape index (κ1) is 30.1. The Balaban J connectivity index is 1.55. The number of methoxy groups -OCH3 is 1. The fourth-order valence-electron chi connectivity index (χ4n) is 6.50. The van der Waals surface area contributed by atoms with E-state index in [1.54, 1.807) is 31.4 Å². The first-order valence-electron chi connectivity index (χ1n) is 15.0. The molecule has 0 aliphatic heterocycles. The van der Waals surface area contributed by atoms with Crippen LogP contribution in [0.25, 0.3) is 0 Å². The van der Waals surface area contributed by atoms with E-state index in [-0.39, 0.29) is 11.5 Å². The normalized spacial score (nSPS) is 12.6. The van der Waals surface area contributed by atoms with Crippen LogP contribution < -0.4 is 20.4 Å². The maximum absolute atomic E-state index is 10.0. The zero-order valence-corrected chi connectivity index (χ0v) is 26.3. The molecule has 0 amide bonds. The molecule has 6 aromatic rings. The van der Waals surface area contributed by atoms with Crippen molar-refractivity contribution in [1.82, 2.24) is 0 Å². The summed E-state index contributed by atoms with van der Waals surface area (Å²) in [7, 11) is 1.74. The third kappa shape index (κ3) is 5.17. The number of aromatic hydroxyl groups is 2. The van der Waals surface area contributed by atoms with E-state index in [1.165, 1.54) is 0 Å². The fraction of sp³-hybridized carbons (Fsp3) is 0.100. The molecular formula is C40H37O4P. The van der Waals surface area contributed by atoms with Gasteiger partial charge in [-0.15, -0.1) is 0 Å². The SMILES string of the molecule is COCP(Oc1ccc(C(C)(c2ccc(O)cc2)c2ccc(O)cc2)cc1)(c1ccccc1)(c1ccccc1)c1ccccc1. The molecule has 0 aromatic heterocycles. The van der Waals surface area contributed by atoms with Crippen molar-refractivity contribution in [2.45, 2.75) is 12.3 Å². The topological polar surface area (TPSA) is 58.9 Å². The Hall–Kier alpha value is -4.89. The van der Waals surface area contributed by atoms with E-state index >= 15 is 0 Å². The van der Waals surface area contributed by atoms with Gasteiger partial charge in [0.25, 0.3) is 0 Å². The predicted octanol–water partition coefficient (Wildman–Crippen LogP) is 7.88. The zero-order valence-electron chi connectivity index (χ0n) is 25.5. The Labute approximate surface area is 265 Å². The minimum absolute atomic E-state index is 0.211. The first-order valence-corrected chi connectivity index (χ1v) is 17.3. The molecule has 5 heteroatoms. The standard InChI is InChI=1S/C40H37O4P/c1-40(31-18-24-34(41)25-19-31,32-20-26-35(42)27-21-32)33-22-28-36(29-23-33)44-45(30-43-2,37-12-6-3-7-13-37,38-14-8-4-9-15-38)39-16-10-5-11-17-39/h3-29,41-42H,30H2,1-2H3. The number of phenols is 2. The molecule has 0 saturated heterocycles. The van der Waals surface area contributed by atoms with Crippen LogP contribution in [-0.4, -0.2) is 23.7 Å². The summed E-state index contributed by atoms with van der Waals surface area (Å²) in [5, 5.41) is 23.3. The van der Waals surface area contributed by atoms with Crippen LogP contribution in [0.1, 0.15) is 23.6 Å². The summed E-state index contributed by atoms with van der Waals surface area (Å²) >= 11 is 0. The predicted molar refractivity (Wildman–Crippen MR) is 186 cm³/mol. The number of rotatable bonds is 10. The molecule has 226 valence electrons. The molecule has 0 aliphatic rings. The summed E-state index contributed by atoms with van der Waals surface area (Å²) in [5.74, 6) is 1.15. The van der Waals surface area contributed by atoms with Crippen molar-refractivity contribution in [2.24, 2.45) is 0 Å². The van der Waals surface area contributed by atoms with Crippen LogP contribution in [0.5, 0.6) is 17.2 Å². The molecule has 4 nitrogen and oxygen atoms in total. The molecule has 0 aliphatic carbocycles. The van der Waals surface area contributed by atoms with Crippen LogP contribution in [0.4, 0.5) is 0 Å². The second-order valence-electron chi connectivity index (χ2n) is 11.5. The molecule has 0 saturated carbocycles. The summed E-state index contributed by atoms with van der Waals surface area (Å²) in [6.45, 7) is -1.57. The van der Waals surface area contributed by atoms with Crippen molar-refractivity contribution < 1.29 is 19.5 Å². The second kappa shape index (κ2) is 12.2. The number of ether oxygens (including phenoxy) is 1. The Morgan fingerprint density at radius 3 is 1.16 bits per heavy atom. The van der Waals surface area contributed by atoms with Gasteiger partial charge >= 0.3 is 266 Å². The maximum atomic E-state index is 10.0. The summed E-state index contributed by atoms with van der Waals surface area (Å²) < 4.78 is 13.7. The van der Waals surface area contributed by atoms with E-state index in [0.717, 1.165) is 38.4 Å². The third-order valence-corrected chi connectivity index (χ3v) is 14.4. The number of phenolic OH excluding ortho intramolecular Hbond substituents is 2. The van der Waals surface area contributed by atoms with E-state index in [2.05, 4.69) is 91.9 Å². The van der Waals surface area contributed by atoms with Crippen LogP contribution in [0.15, 0.2) is 164 Å². The van der Waals surface area contributed by atoms with Gasteiger partial charge < -0.3 is 0 Å². The van der Waals surface area contributed by atoms with Crippen molar-refractivity contribution in [3.8, 4) is 17.2 Å². The Kier molecular flexibility index (Phi) is 8.20. The molecule has 0 spiro atoms. The average molecular weight is 613 g/mol. The van der Waals surface area contributed by atoms with Gasteiger partial charge in [0.15, 0.2) is 0 Å². The van der Waals surface area contributed by atoms with Gasteiger partial charge in [0.05, 0.1) is 0 Å². The third-order valence-electron chi connectivity index (χ3n) is 8.91. The van der Waals surface area contributed by atoms with Crippen molar-refractivity contribution in [3.63, 3.8) is 0 Å². The summed E-state index contributed by atoms with van der Waals surface area (Å²) in [4.78, 5) is 0. The minimum atomic E-state index is -3.72. The fourth-order valence-corrected chi connectivity index (χ4v) is 11.7. The molecule has 45 heavy (non-hydrogen) atoms. The Bertz CT molecular complexity index is 1690. The molecule has 6 aromatic carbocycles. The molecule has 0 bridgehead atoms. The van der Waals surface area contributed by atoms with Gasteiger partial charge in [0.1, 0.15) is 0 Å². The van der Waals surface area contributed by atoms with Gasteiger partial charge in [-0.05, 0) is 0 Å². The van der Waals surface area contributed by atoms with Gasteiger partial charge in [0.2, 0.25) is 0 Å². The number of hydrogen-bond acceptors (Lipinski definition) is 4. The van der Waals surface area contributed by atoms with Crippen LogP contribution in [0.3, 0.4) is 0 Å². The molecule has 0 unspecified atom stereocenters. The van der Waals surface area contributed by atoms with Crippen molar-refractivity contribution in [2.75, 3.05) is 13.5 Å². The molecular weight excluding hydrogens is 575 g/mol. The number of benzene rings is 6. The molecule has 0 atom stereocenters. The van der Waals surface area contributed by atoms with Gasteiger partial charge in [-0.1, -0.05) is 0 Å². The first-order chi connectivity index (χ1) is 21.9. The van der Waals surface area contributed by atoms with Gasteiger partial charge in [-0.3, -0.25) is 0 Å². The molecule has 2 N–H and O–H groups in total. The Morgan fingerprint density at radius 1 is 0.489 bits per heavy atom. The van der Waals surface area contributed by atoms with Crippen molar-refractivity contribution in [1.29, 1.82) is 0 Å². The van der Waals surface area contributed by atoms with Gasteiger partial charge in [-0.2, -0.15) is 0 Å². The van der Waals surface area contributed by atoms with E-state index < -0.39 is 12.2 Å². The van der Waals surface area contributed by atoms with E-state index in [1.807, 2.05) is 54.6 Å². The molecule has 0 heterocycles. The summed E-state index contributed by atoms with van der Waals surface area (Å²) in [6.07, 6.45) is 0.351. The van der Waals surface area contributed by atoms with Gasteiger partial charge in [-0.25, -0.2) is 0 Å². The quantitative estimate of drug-likeness (QED) is 0.122. The zero-order chi connectivity index (χ0) is 31.4. The average Bonchev–Trinajstić information content (AvgIpc) is 3.10. The van der Waals surface area contributed by atoms with E-state index in [9.17, 15) is 10.2 Å². The van der Waals surface area contributed by atoms with Crippen LogP contribution in [0.2, 0.25) is 0 Å². The van der Waals surface area contributed by atoms with Crippen LogP contribution in [0, 0.1) is 0 Å². The Morgan fingerprint density at radius 2 is 0.822 bits per heavy atom. The van der Waals surface area contributed by atoms with Gasteiger partial charge in [0, 0.05) is 0 Å². The van der Waals surface area contributed by atoms with E-state index in [4.69, 9.17) is 9.26 Å². The summed E-state index contributed by atoms with van der Waals surface area (Å²) in [6, 6.07) is 54.2. The molecule has 6 rings (SSSR count). The molecule has 0 radical (unpaired) electrons. The van der Waals surface area contributed by atoms with Crippen LogP contribution in [-0.2, 0) is 10.2 Å². The van der Waals surface area contributed by atoms with Crippen molar-refractivity contribution in [3.05, 3.63) is 180 Å².